The van der Waals surface area contributed by atoms with Crippen LogP contribution in [-0.2, 0) is 14.4 Å². The van der Waals surface area contributed by atoms with Gasteiger partial charge in [0.25, 0.3) is 0 Å². The van der Waals surface area contributed by atoms with Gasteiger partial charge < -0.3 is 10.2 Å². The predicted molar refractivity (Wildman–Crippen MR) is 41.1 cm³/mol. The van der Waals surface area contributed by atoms with Crippen molar-refractivity contribution >= 4 is 17.7 Å². The number of rotatable bonds is 2. The molecule has 0 unspecified atom stereocenters. The largest absolute Gasteiger partial charge is 0.478 e. The van der Waals surface area contributed by atoms with Gasteiger partial charge in [-0.15, -0.1) is 0 Å². The maximum atomic E-state index is 10.8. The minimum Gasteiger partial charge on any atom is -0.478 e. The van der Waals surface area contributed by atoms with Crippen LogP contribution in [0.3, 0.4) is 0 Å². The number of hydrogen-bond donors (Lipinski definition) is 2. The monoisotopic (exact) mass is 182 g/mol. The quantitative estimate of drug-likeness (QED) is 0.626. The molecule has 1 aliphatic carbocycles. The van der Waals surface area contributed by atoms with Crippen LogP contribution in [0, 0.1) is 0 Å². The number of carboxylic acid groups (broad SMARTS) is 2. The molecule has 0 aliphatic heterocycles. The van der Waals surface area contributed by atoms with Gasteiger partial charge in [-0.25, -0.2) is 9.59 Å². The number of aliphatic carboxylic acids is 2. The maximum absolute atomic E-state index is 10.8. The summed E-state index contributed by atoms with van der Waals surface area (Å²) in [5.41, 5.74) is -0.380. The molecule has 0 radical (unpaired) electrons. The van der Waals surface area contributed by atoms with Crippen LogP contribution in [0.5, 0.6) is 0 Å². The molecule has 0 amide bonds. The molecule has 5 heteroatoms. The summed E-state index contributed by atoms with van der Waals surface area (Å²) in [5.74, 6) is -3.12. The van der Waals surface area contributed by atoms with E-state index in [9.17, 15) is 14.4 Å². The van der Waals surface area contributed by atoms with Gasteiger partial charge in [-0.2, -0.15) is 0 Å². The normalized spacial score (nSPS) is 16.2. The van der Waals surface area contributed by atoms with Crippen LogP contribution in [0.25, 0.3) is 0 Å². The maximum Gasteiger partial charge on any atom is 0.332 e. The van der Waals surface area contributed by atoms with Crippen molar-refractivity contribution in [3.05, 3.63) is 23.3 Å². The van der Waals surface area contributed by atoms with Gasteiger partial charge in [0.2, 0.25) is 0 Å². The average Bonchev–Trinajstić information content (AvgIpc) is 2.03. The first-order valence-corrected chi connectivity index (χ1v) is 3.42. The van der Waals surface area contributed by atoms with Crippen molar-refractivity contribution in [1.82, 2.24) is 0 Å². The molecule has 0 saturated carbocycles. The topological polar surface area (TPSA) is 91.7 Å². The molecule has 0 heterocycles. The number of carbonyl (C=O) groups is 3. The van der Waals surface area contributed by atoms with Crippen molar-refractivity contribution in [1.29, 1.82) is 0 Å². The van der Waals surface area contributed by atoms with Crippen LogP contribution in [0.15, 0.2) is 23.3 Å². The van der Waals surface area contributed by atoms with Gasteiger partial charge in [-0.3, -0.25) is 4.79 Å². The van der Waals surface area contributed by atoms with Crippen molar-refractivity contribution in [2.75, 3.05) is 0 Å². The second-order valence-electron chi connectivity index (χ2n) is 2.53. The van der Waals surface area contributed by atoms with E-state index in [4.69, 9.17) is 10.2 Å². The van der Waals surface area contributed by atoms with E-state index in [1.807, 2.05) is 0 Å². The summed E-state index contributed by atoms with van der Waals surface area (Å²) in [6.07, 6.45) is 1.64. The fourth-order valence-corrected chi connectivity index (χ4v) is 0.967. The van der Waals surface area contributed by atoms with Crippen LogP contribution < -0.4 is 0 Å². The lowest BCUT2D eigenvalue weighted by molar-refractivity contribution is -0.133. The molecule has 0 spiro atoms. The van der Waals surface area contributed by atoms with Crippen molar-refractivity contribution in [2.45, 2.75) is 6.42 Å². The third-order valence-electron chi connectivity index (χ3n) is 1.56. The fraction of sp³-hybridized carbons (Fsp3) is 0.125. The third kappa shape index (κ3) is 2.02. The third-order valence-corrected chi connectivity index (χ3v) is 1.56. The molecule has 0 saturated heterocycles. The molecule has 13 heavy (non-hydrogen) atoms. The molecule has 0 bridgehead atoms. The highest BCUT2D eigenvalue weighted by molar-refractivity contribution is 6.11. The molecule has 68 valence electrons. The molecule has 1 aliphatic rings. The lowest BCUT2D eigenvalue weighted by Crippen LogP contribution is -2.14. The molecule has 0 atom stereocenters. The standard InChI is InChI=1S/C8H6O5/c9-6-2-4(7(10)11)1-5(3-6)8(12)13/h2-3H,1H2,(H,10,11)(H,12,13). The Balaban J connectivity index is 2.95. The van der Waals surface area contributed by atoms with Gasteiger partial charge in [0.15, 0.2) is 5.78 Å². The Kier molecular flexibility index (Phi) is 2.27. The summed E-state index contributed by atoms with van der Waals surface area (Å²) < 4.78 is 0. The van der Waals surface area contributed by atoms with Crippen LogP contribution in [-0.4, -0.2) is 27.9 Å². The highest BCUT2D eigenvalue weighted by Gasteiger charge is 2.20. The number of hydrogen-bond acceptors (Lipinski definition) is 3. The molecular weight excluding hydrogens is 176 g/mol. The van der Waals surface area contributed by atoms with Crippen LogP contribution in [0.2, 0.25) is 0 Å². The highest BCUT2D eigenvalue weighted by Crippen LogP contribution is 2.16. The Morgan fingerprint density at radius 1 is 1.08 bits per heavy atom. The first-order valence-electron chi connectivity index (χ1n) is 3.42. The molecule has 1 rings (SSSR count). The number of carbonyl (C=O) groups excluding carboxylic acids is 1. The summed E-state index contributed by atoms with van der Waals surface area (Å²) in [7, 11) is 0. The molecular formula is C8H6O5. The van der Waals surface area contributed by atoms with Crippen LogP contribution >= 0.6 is 0 Å². The van der Waals surface area contributed by atoms with E-state index in [-0.39, 0.29) is 17.6 Å². The van der Waals surface area contributed by atoms with Gasteiger partial charge in [0.1, 0.15) is 0 Å². The summed E-state index contributed by atoms with van der Waals surface area (Å²) in [6.45, 7) is 0. The van der Waals surface area contributed by atoms with Crippen molar-refractivity contribution in [3.8, 4) is 0 Å². The minimum absolute atomic E-state index is 0.190. The van der Waals surface area contributed by atoms with Gasteiger partial charge in [0, 0.05) is 17.6 Å². The fourth-order valence-electron chi connectivity index (χ4n) is 0.967. The second kappa shape index (κ2) is 3.22. The highest BCUT2D eigenvalue weighted by atomic mass is 16.4. The molecule has 5 nitrogen and oxygen atoms in total. The zero-order valence-electron chi connectivity index (χ0n) is 6.48. The van der Waals surface area contributed by atoms with Crippen molar-refractivity contribution < 1.29 is 24.6 Å². The van der Waals surface area contributed by atoms with Crippen molar-refractivity contribution in [2.24, 2.45) is 0 Å². The predicted octanol–water partition coefficient (Wildman–Crippen LogP) is -0.0188. The van der Waals surface area contributed by atoms with Crippen LogP contribution in [0.1, 0.15) is 6.42 Å². The molecule has 0 fully saturated rings. The lowest BCUT2D eigenvalue weighted by Gasteiger charge is -2.06. The first-order chi connectivity index (χ1) is 6.00. The Labute approximate surface area is 73.0 Å². The smallest absolute Gasteiger partial charge is 0.332 e. The molecule has 0 aromatic rings. The second-order valence-corrected chi connectivity index (χ2v) is 2.53. The summed E-state index contributed by atoms with van der Waals surface area (Å²) in [4.78, 5) is 31.7. The van der Waals surface area contributed by atoms with E-state index < -0.39 is 17.7 Å². The average molecular weight is 182 g/mol. The Hall–Kier alpha value is -1.91. The van der Waals surface area contributed by atoms with Gasteiger partial charge in [-0.05, 0) is 12.2 Å². The Morgan fingerprint density at radius 2 is 1.46 bits per heavy atom. The molecule has 0 aromatic heterocycles. The summed E-state index contributed by atoms with van der Waals surface area (Å²) in [6, 6.07) is 0. The minimum atomic E-state index is -1.26. The number of carboxylic acids is 2. The van der Waals surface area contributed by atoms with Gasteiger partial charge >= 0.3 is 11.9 Å². The van der Waals surface area contributed by atoms with E-state index in [0.29, 0.717) is 0 Å². The Morgan fingerprint density at radius 3 is 1.77 bits per heavy atom. The van der Waals surface area contributed by atoms with Gasteiger partial charge in [-0.1, -0.05) is 0 Å². The zero-order chi connectivity index (χ0) is 10.0. The summed E-state index contributed by atoms with van der Waals surface area (Å²) >= 11 is 0. The van der Waals surface area contributed by atoms with E-state index in [1.54, 1.807) is 0 Å². The van der Waals surface area contributed by atoms with Crippen LogP contribution in [0.4, 0.5) is 0 Å². The summed E-state index contributed by atoms with van der Waals surface area (Å²) in [5, 5.41) is 17.0. The van der Waals surface area contributed by atoms with E-state index >= 15 is 0 Å². The first kappa shape index (κ1) is 9.18. The Bertz CT molecular complexity index is 316. The van der Waals surface area contributed by atoms with E-state index in [2.05, 4.69) is 0 Å². The molecule has 2 N–H and O–H groups in total. The molecule has 0 aromatic carbocycles. The number of ketones is 1. The van der Waals surface area contributed by atoms with E-state index in [1.165, 1.54) is 0 Å². The van der Waals surface area contributed by atoms with Crippen molar-refractivity contribution in [3.63, 3.8) is 0 Å². The van der Waals surface area contributed by atoms with E-state index in [0.717, 1.165) is 12.2 Å². The SMILES string of the molecule is O=C1C=C(C(=O)O)CC(C(=O)O)=C1. The lowest BCUT2D eigenvalue weighted by atomic mass is 9.98. The zero-order valence-corrected chi connectivity index (χ0v) is 6.48. The number of allylic oxidation sites excluding steroid dienone is 2. The van der Waals surface area contributed by atoms with Gasteiger partial charge in [0.05, 0.1) is 0 Å².